The highest BCUT2D eigenvalue weighted by molar-refractivity contribution is 7.26. The third-order valence-electron chi connectivity index (χ3n) is 12.8. The quantitative estimate of drug-likeness (QED) is 0.174. The maximum Gasteiger partial charge on any atom is 0.0754 e. The molecular formula is C55H34N2S. The second-order valence-corrected chi connectivity index (χ2v) is 16.6. The van der Waals surface area contributed by atoms with E-state index in [1.807, 2.05) is 11.3 Å². The highest BCUT2D eigenvalue weighted by atomic mass is 32.1. The van der Waals surface area contributed by atoms with Crippen LogP contribution in [-0.4, -0.2) is 4.57 Å². The van der Waals surface area contributed by atoms with Crippen molar-refractivity contribution >= 4 is 70.4 Å². The van der Waals surface area contributed by atoms with Crippen molar-refractivity contribution in [3.8, 4) is 27.9 Å². The molecule has 0 bridgehead atoms. The van der Waals surface area contributed by atoms with E-state index in [4.69, 9.17) is 0 Å². The number of para-hydroxylation sites is 4. The van der Waals surface area contributed by atoms with E-state index in [1.54, 1.807) is 0 Å². The molecule has 0 unspecified atom stereocenters. The molecule has 1 spiro atoms. The van der Waals surface area contributed by atoms with Crippen molar-refractivity contribution < 1.29 is 0 Å². The lowest BCUT2D eigenvalue weighted by Gasteiger charge is -2.40. The maximum atomic E-state index is 2.56. The molecule has 0 saturated heterocycles. The van der Waals surface area contributed by atoms with E-state index in [9.17, 15) is 0 Å². The van der Waals surface area contributed by atoms with Gasteiger partial charge in [-0.3, -0.25) is 0 Å². The number of nitrogens with zero attached hydrogens (tertiary/aromatic N) is 2. The molecule has 0 saturated carbocycles. The molecule has 3 heterocycles. The Bertz CT molecular complexity index is 3430. The van der Waals surface area contributed by atoms with Gasteiger partial charge in [-0.1, -0.05) is 164 Å². The molecule has 0 atom stereocenters. The highest BCUT2D eigenvalue weighted by Gasteiger charge is 2.50. The molecule has 11 aromatic rings. The van der Waals surface area contributed by atoms with Gasteiger partial charge in [0.1, 0.15) is 0 Å². The minimum absolute atomic E-state index is 0.489. The Morgan fingerprint density at radius 2 is 1.00 bits per heavy atom. The average molecular weight is 755 g/mol. The van der Waals surface area contributed by atoms with Gasteiger partial charge in [-0.05, 0) is 75.8 Å². The van der Waals surface area contributed by atoms with Crippen LogP contribution in [0.2, 0.25) is 0 Å². The van der Waals surface area contributed by atoms with Crippen LogP contribution in [0.1, 0.15) is 22.3 Å². The number of fused-ring (bicyclic) bond motifs is 15. The predicted molar refractivity (Wildman–Crippen MR) is 245 cm³/mol. The van der Waals surface area contributed by atoms with E-state index >= 15 is 0 Å². The molecule has 2 aliphatic rings. The van der Waals surface area contributed by atoms with Crippen molar-refractivity contribution in [1.82, 2.24) is 4.57 Å². The third-order valence-corrected chi connectivity index (χ3v) is 14.0. The molecule has 1 aliphatic heterocycles. The molecule has 270 valence electrons. The van der Waals surface area contributed by atoms with Crippen molar-refractivity contribution in [3.05, 3.63) is 229 Å². The monoisotopic (exact) mass is 754 g/mol. The number of anilines is 3. The van der Waals surface area contributed by atoms with E-state index in [0.29, 0.717) is 0 Å². The number of benzene rings is 9. The molecule has 58 heavy (non-hydrogen) atoms. The van der Waals surface area contributed by atoms with Crippen molar-refractivity contribution in [2.45, 2.75) is 5.41 Å². The number of hydrogen-bond donors (Lipinski definition) is 0. The summed E-state index contributed by atoms with van der Waals surface area (Å²) < 4.78 is 5.18. The Balaban J connectivity index is 1.13. The zero-order valence-corrected chi connectivity index (χ0v) is 32.2. The summed E-state index contributed by atoms with van der Waals surface area (Å²) in [7, 11) is 0. The number of rotatable bonds is 4. The van der Waals surface area contributed by atoms with Gasteiger partial charge in [0.15, 0.2) is 0 Å². The van der Waals surface area contributed by atoms with Crippen LogP contribution in [0.4, 0.5) is 17.1 Å². The molecule has 13 rings (SSSR count). The summed E-state index contributed by atoms with van der Waals surface area (Å²) in [6, 6.07) is 76.7. The smallest absolute Gasteiger partial charge is 0.0754 e. The molecule has 1 aliphatic carbocycles. The van der Waals surface area contributed by atoms with Crippen LogP contribution in [0.25, 0.3) is 69.9 Å². The van der Waals surface area contributed by atoms with Gasteiger partial charge in [0, 0.05) is 53.4 Å². The van der Waals surface area contributed by atoms with Gasteiger partial charge in [-0.15, -0.1) is 11.3 Å². The van der Waals surface area contributed by atoms with Crippen molar-refractivity contribution in [2.75, 3.05) is 4.90 Å². The molecular weight excluding hydrogens is 721 g/mol. The van der Waals surface area contributed by atoms with Crippen LogP contribution >= 0.6 is 11.3 Å². The minimum Gasteiger partial charge on any atom is -0.310 e. The highest BCUT2D eigenvalue weighted by Crippen LogP contribution is 2.61. The molecule has 3 heteroatoms. The molecule has 0 amide bonds. The lowest BCUT2D eigenvalue weighted by Crippen LogP contribution is -2.33. The Kier molecular flexibility index (Phi) is 6.56. The van der Waals surface area contributed by atoms with E-state index < -0.39 is 5.41 Å². The first-order chi connectivity index (χ1) is 28.8. The summed E-state index contributed by atoms with van der Waals surface area (Å²) in [6.07, 6.45) is 0. The predicted octanol–water partition coefficient (Wildman–Crippen LogP) is 15.0. The zero-order chi connectivity index (χ0) is 38.0. The Morgan fingerprint density at radius 3 is 1.83 bits per heavy atom. The molecule has 0 N–H and O–H groups in total. The van der Waals surface area contributed by atoms with Gasteiger partial charge >= 0.3 is 0 Å². The first kappa shape index (κ1) is 31.9. The van der Waals surface area contributed by atoms with Crippen LogP contribution in [-0.2, 0) is 5.41 Å². The zero-order valence-electron chi connectivity index (χ0n) is 31.4. The molecule has 2 aromatic heterocycles. The largest absolute Gasteiger partial charge is 0.310 e. The lowest BCUT2D eigenvalue weighted by molar-refractivity contribution is 0.748. The Morgan fingerprint density at radius 1 is 0.397 bits per heavy atom. The van der Waals surface area contributed by atoms with Gasteiger partial charge in [0.25, 0.3) is 0 Å². The van der Waals surface area contributed by atoms with Crippen molar-refractivity contribution in [3.63, 3.8) is 0 Å². The standard InChI is InChI=1S/C55H34N2S/c1-2-16-35(17-3-1)56(49-29-11-7-21-40(49)43-24-14-25-44-41-22-8-13-31-52(41)58-54(43)44)36-32-33-47-51(34-36)57-50-30-12-6-20-39(50)42-23-15-28-48(53(42)57)55(47)45-26-9-4-18-37(45)38-19-5-10-27-46(38)55/h1-34H. The number of aromatic nitrogens is 1. The maximum absolute atomic E-state index is 2.56. The summed E-state index contributed by atoms with van der Waals surface area (Å²) in [5, 5.41) is 5.17. The van der Waals surface area contributed by atoms with E-state index in [1.165, 1.54) is 92.2 Å². The van der Waals surface area contributed by atoms with Gasteiger partial charge in [-0.25, -0.2) is 0 Å². The normalized spacial score (nSPS) is 13.3. The van der Waals surface area contributed by atoms with Gasteiger partial charge in [0.2, 0.25) is 0 Å². The first-order valence-corrected chi connectivity index (χ1v) is 20.8. The van der Waals surface area contributed by atoms with E-state index in [0.717, 1.165) is 17.1 Å². The van der Waals surface area contributed by atoms with Crippen LogP contribution < -0.4 is 4.90 Å². The second-order valence-electron chi connectivity index (χ2n) is 15.6. The summed E-state index contributed by atoms with van der Waals surface area (Å²) >= 11 is 1.88. The molecule has 9 aromatic carbocycles. The fourth-order valence-corrected chi connectivity index (χ4v) is 11.8. The van der Waals surface area contributed by atoms with Crippen molar-refractivity contribution in [2.24, 2.45) is 0 Å². The van der Waals surface area contributed by atoms with Crippen LogP contribution in [0.3, 0.4) is 0 Å². The van der Waals surface area contributed by atoms with E-state index in [-0.39, 0.29) is 0 Å². The summed E-state index contributed by atoms with van der Waals surface area (Å²) in [6.45, 7) is 0. The van der Waals surface area contributed by atoms with Gasteiger partial charge in [0.05, 0.1) is 27.8 Å². The SMILES string of the molecule is c1ccc(N(c2ccc3c(c2)-n2c4ccccc4c4cccc(c42)C32c3ccccc3-c3ccccc32)c2ccccc2-c2cccc3c2sc2ccccc23)cc1. The Hall–Kier alpha value is -7.20. The van der Waals surface area contributed by atoms with E-state index in [2.05, 4.69) is 216 Å². The second kappa shape index (κ2) is 11.9. The molecule has 0 fully saturated rings. The fraction of sp³-hybridized carbons (Fsp3) is 0.0182. The van der Waals surface area contributed by atoms with Gasteiger partial charge in [-0.2, -0.15) is 0 Å². The lowest BCUT2D eigenvalue weighted by atomic mass is 9.65. The first-order valence-electron chi connectivity index (χ1n) is 20.0. The summed E-state index contributed by atoms with van der Waals surface area (Å²) in [5.41, 5.74) is 17.0. The third kappa shape index (κ3) is 4.11. The summed E-state index contributed by atoms with van der Waals surface area (Å²) in [4.78, 5) is 2.47. The molecule has 0 radical (unpaired) electrons. The van der Waals surface area contributed by atoms with Crippen molar-refractivity contribution in [1.29, 1.82) is 0 Å². The fourth-order valence-electron chi connectivity index (χ4n) is 10.6. The number of thiophene rings is 1. The average Bonchev–Trinajstić information content (AvgIpc) is 3.94. The Labute approximate surface area is 340 Å². The molecule has 2 nitrogen and oxygen atoms in total. The number of hydrogen-bond acceptors (Lipinski definition) is 2. The van der Waals surface area contributed by atoms with Gasteiger partial charge < -0.3 is 9.47 Å². The minimum atomic E-state index is -0.489. The summed E-state index contributed by atoms with van der Waals surface area (Å²) in [5.74, 6) is 0. The van der Waals surface area contributed by atoms with Crippen LogP contribution in [0.15, 0.2) is 206 Å². The topological polar surface area (TPSA) is 8.17 Å². The van der Waals surface area contributed by atoms with Crippen LogP contribution in [0.5, 0.6) is 0 Å². The van der Waals surface area contributed by atoms with Crippen LogP contribution in [0, 0.1) is 0 Å².